The number of sulfone groups is 1. The number of nitrogens with zero attached hydrogens (tertiary/aromatic N) is 1. The number of carbonyl (C=O) groups is 1. The minimum absolute atomic E-state index is 0.0271. The summed E-state index contributed by atoms with van der Waals surface area (Å²) in [6.45, 7) is 3.43. The smallest absolute Gasteiger partial charge is 0.241 e. The molecule has 1 aromatic carbocycles. The lowest BCUT2D eigenvalue weighted by Crippen LogP contribution is -2.59. The number of amides is 1. The number of hydrogen-bond donors (Lipinski definition) is 1. The van der Waals surface area contributed by atoms with Gasteiger partial charge in [-0.3, -0.25) is 4.79 Å². The quantitative estimate of drug-likeness (QED) is 0.722. The highest BCUT2D eigenvalue weighted by Crippen LogP contribution is 2.19. The lowest BCUT2D eigenvalue weighted by Gasteiger charge is -2.39. The van der Waals surface area contributed by atoms with Crippen LogP contribution in [0.2, 0.25) is 5.02 Å². The van der Waals surface area contributed by atoms with Crippen molar-refractivity contribution in [1.29, 1.82) is 0 Å². The summed E-state index contributed by atoms with van der Waals surface area (Å²) in [6, 6.07) is 5.70. The number of carbonyl (C=O) groups excluding carboxylic acids is 1. The molecule has 10 heteroatoms. The van der Waals surface area contributed by atoms with Crippen LogP contribution in [-0.4, -0.2) is 58.3 Å². The summed E-state index contributed by atoms with van der Waals surface area (Å²) in [5.74, 6) is -0.345. The molecule has 1 aliphatic heterocycles. The van der Waals surface area contributed by atoms with Crippen molar-refractivity contribution in [3.63, 3.8) is 0 Å². The minimum atomic E-state index is -3.85. The molecule has 7 nitrogen and oxygen atoms in total. The maximum atomic E-state index is 12.1. The topological polar surface area (TPSA) is 101 Å². The van der Waals surface area contributed by atoms with Gasteiger partial charge in [0.2, 0.25) is 15.9 Å². The van der Waals surface area contributed by atoms with Gasteiger partial charge in [0.05, 0.1) is 22.4 Å². The number of halogens is 1. The molecule has 0 aromatic heterocycles. The van der Waals surface area contributed by atoms with E-state index in [1.54, 1.807) is 6.07 Å². The van der Waals surface area contributed by atoms with Crippen molar-refractivity contribution in [2.45, 2.75) is 24.0 Å². The molecule has 0 bridgehead atoms. The van der Waals surface area contributed by atoms with E-state index >= 15 is 0 Å². The summed E-state index contributed by atoms with van der Waals surface area (Å²) in [4.78, 5) is 13.3. The van der Waals surface area contributed by atoms with Crippen LogP contribution in [0.5, 0.6) is 0 Å². The zero-order valence-electron chi connectivity index (χ0n) is 14.0. The lowest BCUT2D eigenvalue weighted by atomic mass is 10.2. The monoisotopic (exact) mass is 408 g/mol. The van der Waals surface area contributed by atoms with Gasteiger partial charge < -0.3 is 4.90 Å². The van der Waals surface area contributed by atoms with Crippen LogP contribution in [-0.2, 0) is 24.7 Å². The second-order valence-corrected chi connectivity index (χ2v) is 11.0. The maximum absolute atomic E-state index is 12.1. The Labute approximate surface area is 153 Å². The second-order valence-electron chi connectivity index (χ2n) is 6.43. The molecule has 0 unspecified atom stereocenters. The molecule has 0 saturated carbocycles. The number of likely N-dealkylation sites (tertiary alicyclic amines) is 1. The fraction of sp³-hybridized carbons (Fsp3) is 0.533. The van der Waals surface area contributed by atoms with Crippen molar-refractivity contribution < 1.29 is 21.6 Å². The van der Waals surface area contributed by atoms with Gasteiger partial charge in [-0.05, 0) is 24.1 Å². The van der Waals surface area contributed by atoms with Crippen LogP contribution >= 0.6 is 11.6 Å². The molecular formula is C15H21ClN2O5S2. The van der Waals surface area contributed by atoms with Crippen LogP contribution in [0, 0.1) is 5.92 Å². The standard InChI is InChI=1S/C15H21ClN2O5S2/c1-11(2)10-24(20,21)14-8-18(9-14)15(19)7-17-25(22,23)13-5-3-4-12(16)6-13/h3-6,11,14,17H,7-10H2,1-2H3. The number of nitrogens with one attached hydrogen (secondary N) is 1. The Balaban J connectivity index is 1.88. The average Bonchev–Trinajstić information content (AvgIpc) is 2.42. The first-order valence-electron chi connectivity index (χ1n) is 7.76. The van der Waals surface area contributed by atoms with E-state index < -0.39 is 37.6 Å². The van der Waals surface area contributed by atoms with E-state index in [0.29, 0.717) is 0 Å². The van der Waals surface area contributed by atoms with Gasteiger partial charge in [0.25, 0.3) is 0 Å². The molecule has 1 aliphatic rings. The largest absolute Gasteiger partial charge is 0.339 e. The van der Waals surface area contributed by atoms with E-state index in [1.807, 2.05) is 13.8 Å². The highest BCUT2D eigenvalue weighted by Gasteiger charge is 2.39. The Hall–Kier alpha value is -1.16. The highest BCUT2D eigenvalue weighted by atomic mass is 35.5. The second kappa shape index (κ2) is 7.61. The summed E-state index contributed by atoms with van der Waals surface area (Å²) >= 11 is 5.77. The van der Waals surface area contributed by atoms with Gasteiger partial charge in [-0.1, -0.05) is 31.5 Å². The molecule has 1 heterocycles. The third kappa shape index (κ3) is 5.16. The molecule has 140 valence electrons. The molecular weight excluding hydrogens is 388 g/mol. The number of hydrogen-bond acceptors (Lipinski definition) is 5. The van der Waals surface area contributed by atoms with Gasteiger partial charge in [0.15, 0.2) is 9.84 Å². The fourth-order valence-electron chi connectivity index (χ4n) is 2.46. The SMILES string of the molecule is CC(C)CS(=O)(=O)C1CN(C(=O)CNS(=O)(=O)c2cccc(Cl)c2)C1. The number of rotatable bonds is 7. The van der Waals surface area contributed by atoms with Gasteiger partial charge >= 0.3 is 0 Å². The summed E-state index contributed by atoms with van der Waals surface area (Å²) in [5.41, 5.74) is 0. The summed E-state index contributed by atoms with van der Waals surface area (Å²) < 4.78 is 50.6. The molecule has 0 spiro atoms. The van der Waals surface area contributed by atoms with E-state index in [2.05, 4.69) is 4.72 Å². The van der Waals surface area contributed by atoms with Crippen molar-refractivity contribution >= 4 is 37.4 Å². The zero-order chi connectivity index (χ0) is 18.8. The number of sulfonamides is 1. The summed E-state index contributed by atoms with van der Waals surface area (Å²) in [6.07, 6.45) is 0. The van der Waals surface area contributed by atoms with Gasteiger partial charge in [-0.2, -0.15) is 0 Å². The van der Waals surface area contributed by atoms with Crippen molar-refractivity contribution in [3.8, 4) is 0 Å². The molecule has 1 saturated heterocycles. The first-order valence-corrected chi connectivity index (χ1v) is 11.3. The normalized spacial score (nSPS) is 16.1. The molecule has 0 atom stereocenters. The molecule has 1 fully saturated rings. The Morgan fingerprint density at radius 1 is 1.28 bits per heavy atom. The van der Waals surface area contributed by atoms with E-state index in [-0.39, 0.29) is 34.7 Å². The van der Waals surface area contributed by atoms with E-state index in [9.17, 15) is 21.6 Å². The van der Waals surface area contributed by atoms with Crippen LogP contribution in [0.4, 0.5) is 0 Å². The zero-order valence-corrected chi connectivity index (χ0v) is 16.4. The molecule has 0 aliphatic carbocycles. The predicted octanol–water partition coefficient (Wildman–Crippen LogP) is 0.900. The van der Waals surface area contributed by atoms with Crippen molar-refractivity contribution in [1.82, 2.24) is 9.62 Å². The van der Waals surface area contributed by atoms with Gasteiger partial charge in [-0.25, -0.2) is 21.6 Å². The average molecular weight is 409 g/mol. The number of benzene rings is 1. The van der Waals surface area contributed by atoms with Crippen LogP contribution < -0.4 is 4.72 Å². The lowest BCUT2D eigenvalue weighted by molar-refractivity contribution is -0.133. The van der Waals surface area contributed by atoms with Crippen LogP contribution in [0.25, 0.3) is 0 Å². The molecule has 2 rings (SSSR count). The minimum Gasteiger partial charge on any atom is -0.339 e. The predicted molar refractivity (Wildman–Crippen MR) is 95.6 cm³/mol. The van der Waals surface area contributed by atoms with Gasteiger partial charge in [0.1, 0.15) is 0 Å². The molecule has 1 aromatic rings. The van der Waals surface area contributed by atoms with Crippen molar-refractivity contribution in [2.24, 2.45) is 5.92 Å². The summed E-state index contributed by atoms with van der Waals surface area (Å²) in [5, 5.41) is -0.293. The maximum Gasteiger partial charge on any atom is 0.241 e. The fourth-order valence-corrected chi connectivity index (χ4v) is 5.75. The van der Waals surface area contributed by atoms with Gasteiger partial charge in [0, 0.05) is 18.1 Å². The molecule has 25 heavy (non-hydrogen) atoms. The molecule has 1 N–H and O–H groups in total. The third-order valence-electron chi connectivity index (χ3n) is 3.79. The Kier molecular flexibility index (Phi) is 6.13. The van der Waals surface area contributed by atoms with E-state index in [4.69, 9.17) is 11.6 Å². The van der Waals surface area contributed by atoms with Crippen LogP contribution in [0.15, 0.2) is 29.2 Å². The molecule has 1 amide bonds. The third-order valence-corrected chi connectivity index (χ3v) is 7.87. The summed E-state index contributed by atoms with van der Waals surface area (Å²) in [7, 11) is -7.08. The first kappa shape index (κ1) is 20.2. The van der Waals surface area contributed by atoms with Crippen molar-refractivity contribution in [2.75, 3.05) is 25.4 Å². The van der Waals surface area contributed by atoms with Crippen molar-refractivity contribution in [3.05, 3.63) is 29.3 Å². The highest BCUT2D eigenvalue weighted by molar-refractivity contribution is 7.92. The Morgan fingerprint density at radius 3 is 2.48 bits per heavy atom. The van der Waals surface area contributed by atoms with Crippen LogP contribution in [0.3, 0.4) is 0 Å². The van der Waals surface area contributed by atoms with Crippen LogP contribution in [0.1, 0.15) is 13.8 Å². The van der Waals surface area contributed by atoms with Gasteiger partial charge in [-0.15, -0.1) is 0 Å². The first-order chi connectivity index (χ1) is 11.5. The Morgan fingerprint density at radius 2 is 1.92 bits per heavy atom. The Bertz CT molecular complexity index is 846. The van der Waals surface area contributed by atoms with E-state index in [1.165, 1.54) is 23.1 Å². The van der Waals surface area contributed by atoms with E-state index in [0.717, 1.165) is 0 Å². The molecule has 0 radical (unpaired) electrons.